The monoisotopic (exact) mass is 822 g/mol. The van der Waals surface area contributed by atoms with Crippen LogP contribution < -0.4 is 14.2 Å². The molecule has 0 bridgehead atoms. The van der Waals surface area contributed by atoms with Crippen molar-refractivity contribution in [3.8, 4) is 23.0 Å². The number of Topliss-reactive ketones (excluding diaryl/α,β-unsaturated/α-hetero) is 1. The minimum atomic E-state index is -1.83. The van der Waals surface area contributed by atoms with E-state index < -0.39 is 104 Å². The smallest absolute Gasteiger partial charge is 0.330 e. The number of aliphatic hydroxyl groups is 7. The summed E-state index contributed by atoms with van der Waals surface area (Å²) in [6.07, 6.45) is -11.4. The number of carbonyl (C=O) groups is 3. The lowest BCUT2D eigenvalue weighted by atomic mass is 9.94. The molecule has 0 aliphatic carbocycles. The molecular formula is C39H50O19. The van der Waals surface area contributed by atoms with Gasteiger partial charge < -0.3 is 78.7 Å². The van der Waals surface area contributed by atoms with Gasteiger partial charge in [0.2, 0.25) is 12.0 Å². The van der Waals surface area contributed by atoms with Gasteiger partial charge in [0.05, 0.1) is 32.8 Å². The van der Waals surface area contributed by atoms with E-state index in [1.54, 1.807) is 18.2 Å². The van der Waals surface area contributed by atoms with Gasteiger partial charge in [0.1, 0.15) is 73.6 Å². The number of phenols is 1. The number of hydrogen-bond donors (Lipinski definition) is 8. The highest BCUT2D eigenvalue weighted by atomic mass is 16.7. The summed E-state index contributed by atoms with van der Waals surface area (Å²) in [4.78, 5) is 37.6. The first-order valence-electron chi connectivity index (χ1n) is 18.0. The quantitative estimate of drug-likeness (QED) is 0.0685. The van der Waals surface area contributed by atoms with Crippen LogP contribution in [0.4, 0.5) is 0 Å². The van der Waals surface area contributed by atoms with Crippen LogP contribution in [-0.4, -0.2) is 160 Å². The zero-order valence-corrected chi connectivity index (χ0v) is 32.2. The molecule has 4 rings (SSSR count). The lowest BCUT2D eigenvalue weighted by Crippen LogP contribution is -2.61. The Hall–Kier alpha value is -4.67. The second-order valence-electron chi connectivity index (χ2n) is 13.8. The molecule has 0 radical (unpaired) electrons. The molecule has 11 unspecified atom stereocenters. The van der Waals surface area contributed by atoms with Crippen molar-refractivity contribution >= 4 is 29.9 Å². The summed E-state index contributed by atoms with van der Waals surface area (Å²) in [6, 6.07) is 9.01. The van der Waals surface area contributed by atoms with Crippen molar-refractivity contribution in [1.82, 2.24) is 0 Å². The summed E-state index contributed by atoms with van der Waals surface area (Å²) in [5.41, 5.74) is -0.563. The summed E-state index contributed by atoms with van der Waals surface area (Å²) in [5, 5.41) is 81.3. The van der Waals surface area contributed by atoms with Gasteiger partial charge in [0.15, 0.2) is 17.8 Å². The van der Waals surface area contributed by atoms with Gasteiger partial charge in [-0.1, -0.05) is 18.2 Å². The fraction of sp³-hybridized carbons (Fsp3) is 0.513. The van der Waals surface area contributed by atoms with Gasteiger partial charge in [0.25, 0.3) is 0 Å². The van der Waals surface area contributed by atoms with Crippen LogP contribution in [0.2, 0.25) is 0 Å². The Labute approximate surface area is 333 Å². The number of methoxy groups -OCH3 is 2. The second-order valence-corrected chi connectivity index (χ2v) is 13.8. The highest BCUT2D eigenvalue weighted by Gasteiger charge is 2.48. The van der Waals surface area contributed by atoms with Gasteiger partial charge in [-0.15, -0.1) is 0 Å². The molecule has 0 aromatic heterocycles. The predicted octanol–water partition coefficient (Wildman–Crippen LogP) is -0.647. The summed E-state index contributed by atoms with van der Waals surface area (Å²) in [6.45, 7) is 1.17. The first-order valence-corrected chi connectivity index (χ1v) is 18.0. The lowest BCUT2D eigenvalue weighted by molar-refractivity contribution is -0.325. The van der Waals surface area contributed by atoms with E-state index in [1.165, 1.54) is 64.5 Å². The third-order valence-electron chi connectivity index (χ3n) is 9.12. The number of phenolic OH excluding ortho intramolecular Hbond substituents is 1. The molecule has 19 heteroatoms. The second kappa shape index (κ2) is 20.8. The van der Waals surface area contributed by atoms with Crippen molar-refractivity contribution in [3.63, 3.8) is 0 Å². The fourth-order valence-electron chi connectivity index (χ4n) is 6.14. The Balaban J connectivity index is 1.36. The molecule has 0 saturated carbocycles. The molecule has 2 aliphatic rings. The maximum absolute atomic E-state index is 13.0. The number of aliphatic hydroxyl groups excluding tert-OH is 7. The highest BCUT2D eigenvalue weighted by Crippen LogP contribution is 2.41. The molecule has 2 aromatic carbocycles. The molecule has 2 aliphatic heterocycles. The first-order chi connectivity index (χ1) is 27.5. The Kier molecular flexibility index (Phi) is 16.5. The predicted molar refractivity (Wildman–Crippen MR) is 198 cm³/mol. The van der Waals surface area contributed by atoms with E-state index >= 15 is 0 Å². The van der Waals surface area contributed by atoms with Crippen molar-refractivity contribution in [1.29, 1.82) is 0 Å². The van der Waals surface area contributed by atoms with E-state index in [1.807, 2.05) is 0 Å². The zero-order chi connectivity index (χ0) is 42.7. The Morgan fingerprint density at radius 3 is 1.93 bits per heavy atom. The zero-order valence-electron chi connectivity index (χ0n) is 32.2. The topological polar surface area (TPSA) is 287 Å². The molecule has 2 aromatic rings. The molecule has 2 saturated heterocycles. The number of aromatic hydroxyl groups is 1. The summed E-state index contributed by atoms with van der Waals surface area (Å²) >= 11 is 0. The average Bonchev–Trinajstić information content (AvgIpc) is 3.18. The van der Waals surface area contributed by atoms with Crippen molar-refractivity contribution in [2.45, 2.75) is 93.7 Å². The Bertz CT molecular complexity index is 1720. The van der Waals surface area contributed by atoms with Gasteiger partial charge in [-0.3, -0.25) is 9.59 Å². The van der Waals surface area contributed by atoms with Crippen molar-refractivity contribution < 1.29 is 93.1 Å². The summed E-state index contributed by atoms with van der Waals surface area (Å²) in [7, 11) is 2.67. The molecule has 11 atom stereocenters. The molecule has 58 heavy (non-hydrogen) atoms. The molecule has 2 heterocycles. The molecule has 2 fully saturated rings. The minimum absolute atomic E-state index is 0.0248. The maximum Gasteiger partial charge on any atom is 0.330 e. The SMILES string of the molecule is COc1cc(C=CCOC(=O)CC(C)(CC(C)=O)OC2OC(COC(=O)C=Cc3ccc(O)cc3)C(O)C(O)C2O)cc(OC)c1OC1OC(CO)C(O)C(O)C1O. The van der Waals surface area contributed by atoms with Gasteiger partial charge in [-0.2, -0.15) is 0 Å². The minimum Gasteiger partial charge on any atom is -0.508 e. The highest BCUT2D eigenvalue weighted by molar-refractivity contribution is 5.87. The van der Waals surface area contributed by atoms with Crippen LogP contribution in [0.3, 0.4) is 0 Å². The van der Waals surface area contributed by atoms with Crippen LogP contribution >= 0.6 is 0 Å². The van der Waals surface area contributed by atoms with E-state index in [0.29, 0.717) is 11.1 Å². The van der Waals surface area contributed by atoms with E-state index in [0.717, 1.165) is 6.08 Å². The number of rotatable bonds is 18. The number of ketones is 1. The van der Waals surface area contributed by atoms with Crippen LogP contribution in [-0.2, 0) is 38.1 Å². The van der Waals surface area contributed by atoms with Crippen molar-refractivity contribution in [2.24, 2.45) is 0 Å². The molecule has 0 spiro atoms. The van der Waals surface area contributed by atoms with E-state index in [9.17, 15) is 55.2 Å². The van der Waals surface area contributed by atoms with E-state index in [2.05, 4.69) is 0 Å². The fourth-order valence-corrected chi connectivity index (χ4v) is 6.14. The Morgan fingerprint density at radius 1 is 0.759 bits per heavy atom. The van der Waals surface area contributed by atoms with E-state index in [-0.39, 0.29) is 36.0 Å². The number of ether oxygens (including phenoxy) is 8. The third kappa shape index (κ3) is 12.2. The van der Waals surface area contributed by atoms with Crippen LogP contribution in [0.1, 0.15) is 37.8 Å². The van der Waals surface area contributed by atoms with Gasteiger partial charge in [0, 0.05) is 12.5 Å². The standard InChI is InChI=1S/C39H50O19/c1-20(41)16-39(2,58-38-35(50)33(48)31(46)27(56-38)19-54-28(43)12-9-21-7-10-23(42)11-8-21)17-29(44)53-13-5-6-22-14-24(51-3)36(25(15-22)52-4)57-37-34(49)32(47)30(45)26(18-40)55-37/h5-12,14-15,26-27,30-35,37-38,40,42,45-50H,13,16-19H2,1-4H3. The van der Waals surface area contributed by atoms with Crippen LogP contribution in [0.25, 0.3) is 12.2 Å². The number of carbonyl (C=O) groups excluding carboxylic acids is 3. The average molecular weight is 823 g/mol. The number of hydrogen-bond acceptors (Lipinski definition) is 19. The molecule has 320 valence electrons. The first kappa shape index (κ1) is 46.0. The maximum atomic E-state index is 13.0. The largest absolute Gasteiger partial charge is 0.508 e. The normalized spacial score (nSPS) is 28.5. The summed E-state index contributed by atoms with van der Waals surface area (Å²) in [5.74, 6) is -1.80. The Morgan fingerprint density at radius 2 is 1.34 bits per heavy atom. The number of benzene rings is 2. The van der Waals surface area contributed by atoms with Gasteiger partial charge in [-0.05, 0) is 61.4 Å². The van der Waals surface area contributed by atoms with Crippen molar-refractivity contribution in [2.75, 3.05) is 34.0 Å². The van der Waals surface area contributed by atoms with Crippen LogP contribution in [0, 0.1) is 0 Å². The van der Waals surface area contributed by atoms with Crippen LogP contribution in [0.5, 0.6) is 23.0 Å². The van der Waals surface area contributed by atoms with E-state index in [4.69, 9.17) is 37.9 Å². The van der Waals surface area contributed by atoms with Crippen molar-refractivity contribution in [3.05, 3.63) is 59.7 Å². The third-order valence-corrected chi connectivity index (χ3v) is 9.12. The molecular weight excluding hydrogens is 772 g/mol. The molecule has 0 amide bonds. The lowest BCUT2D eigenvalue weighted by Gasteiger charge is -2.43. The van der Waals surface area contributed by atoms with Gasteiger partial charge in [-0.25, -0.2) is 4.79 Å². The van der Waals surface area contributed by atoms with Gasteiger partial charge >= 0.3 is 11.9 Å². The summed E-state index contributed by atoms with van der Waals surface area (Å²) < 4.78 is 44.1. The van der Waals surface area contributed by atoms with Crippen LogP contribution in [0.15, 0.2) is 48.6 Å². The molecule has 8 N–H and O–H groups in total. The molecule has 19 nitrogen and oxygen atoms in total. The number of esters is 2.